The monoisotopic (exact) mass is 333 g/mol. The minimum absolute atomic E-state index is 0.203. The predicted molar refractivity (Wildman–Crippen MR) is 88.6 cm³/mol. The van der Waals surface area contributed by atoms with Gasteiger partial charge in [0.05, 0.1) is 0 Å². The summed E-state index contributed by atoms with van der Waals surface area (Å²) in [7, 11) is 0. The van der Waals surface area contributed by atoms with Crippen molar-refractivity contribution in [2.75, 3.05) is 6.54 Å². The number of aromatic nitrogens is 2. The van der Waals surface area contributed by atoms with E-state index in [9.17, 15) is 4.79 Å². The number of aromatic amines is 1. The Kier molecular flexibility index (Phi) is 4.32. The summed E-state index contributed by atoms with van der Waals surface area (Å²) in [6.07, 6.45) is 2.71. The largest absolute Gasteiger partial charge is 0.361 e. The van der Waals surface area contributed by atoms with E-state index in [0.717, 1.165) is 11.9 Å². The summed E-state index contributed by atoms with van der Waals surface area (Å²) in [5.74, 6) is -0.217. The van der Waals surface area contributed by atoms with Gasteiger partial charge in [0.15, 0.2) is 0 Å². The van der Waals surface area contributed by atoms with Gasteiger partial charge in [0.1, 0.15) is 10.3 Å². The average molecular weight is 334 g/mol. The Morgan fingerprint density at radius 2 is 1.91 bits per heavy atom. The number of halogens is 2. The van der Waals surface area contributed by atoms with E-state index < -0.39 is 0 Å². The molecule has 0 aliphatic rings. The molecule has 0 atom stereocenters. The number of nitrogens with one attached hydrogen (secondary N) is 2. The number of H-pyrrole nitrogens is 1. The average Bonchev–Trinajstić information content (AvgIpc) is 2.90. The lowest BCUT2D eigenvalue weighted by atomic mass is 10.1. The summed E-state index contributed by atoms with van der Waals surface area (Å²) in [6.45, 7) is 0.526. The van der Waals surface area contributed by atoms with Crippen LogP contribution in [0.1, 0.15) is 15.9 Å². The number of nitrogens with zero attached hydrogens (tertiary/aromatic N) is 1. The lowest BCUT2D eigenvalue weighted by molar-refractivity contribution is 0.0954. The SMILES string of the molecule is O=C(NCCc1c[nH]c2ccccc12)c1cc(Cl)nc(Cl)c1. The molecule has 0 radical (unpaired) electrons. The quantitative estimate of drug-likeness (QED) is 0.712. The summed E-state index contributed by atoms with van der Waals surface area (Å²) in [5, 5.41) is 4.44. The van der Waals surface area contributed by atoms with E-state index in [4.69, 9.17) is 23.2 Å². The Morgan fingerprint density at radius 3 is 2.68 bits per heavy atom. The number of para-hydroxylation sites is 1. The second-order valence-corrected chi connectivity index (χ2v) is 5.64. The molecule has 2 heterocycles. The summed E-state index contributed by atoms with van der Waals surface area (Å²) in [6, 6.07) is 11.1. The summed E-state index contributed by atoms with van der Waals surface area (Å²) in [4.78, 5) is 19.1. The van der Waals surface area contributed by atoms with Crippen molar-refractivity contribution >= 4 is 40.0 Å². The van der Waals surface area contributed by atoms with Crippen molar-refractivity contribution < 1.29 is 4.79 Å². The zero-order valence-electron chi connectivity index (χ0n) is 11.6. The van der Waals surface area contributed by atoms with Crippen LogP contribution in [0.25, 0.3) is 10.9 Å². The number of rotatable bonds is 4. The van der Waals surface area contributed by atoms with Crippen LogP contribution < -0.4 is 5.32 Å². The van der Waals surface area contributed by atoms with Gasteiger partial charge in [-0.1, -0.05) is 41.4 Å². The van der Waals surface area contributed by atoms with Crippen LogP contribution in [0.4, 0.5) is 0 Å². The molecular formula is C16H13Cl2N3O. The van der Waals surface area contributed by atoms with Gasteiger partial charge < -0.3 is 10.3 Å². The fourth-order valence-electron chi connectivity index (χ4n) is 2.35. The van der Waals surface area contributed by atoms with Crippen LogP contribution in [0.15, 0.2) is 42.6 Å². The molecule has 22 heavy (non-hydrogen) atoms. The van der Waals surface area contributed by atoms with Gasteiger partial charge in [-0.25, -0.2) is 4.98 Å². The molecule has 6 heteroatoms. The topological polar surface area (TPSA) is 57.8 Å². The normalized spacial score (nSPS) is 10.8. The molecule has 4 nitrogen and oxygen atoms in total. The molecule has 0 saturated carbocycles. The van der Waals surface area contributed by atoms with Crippen LogP contribution in [0.3, 0.4) is 0 Å². The standard InChI is InChI=1S/C16H13Cl2N3O/c17-14-7-11(8-15(18)21-14)16(22)19-6-5-10-9-20-13-4-2-1-3-12(10)13/h1-4,7-9,20H,5-6H2,(H,19,22). The number of amides is 1. The molecule has 2 N–H and O–H groups in total. The third kappa shape index (κ3) is 3.24. The summed E-state index contributed by atoms with van der Waals surface area (Å²) >= 11 is 11.6. The van der Waals surface area contributed by atoms with Crippen LogP contribution in [-0.4, -0.2) is 22.4 Å². The van der Waals surface area contributed by atoms with E-state index in [0.29, 0.717) is 12.1 Å². The molecule has 0 aliphatic heterocycles. The minimum atomic E-state index is -0.217. The Labute approximate surface area is 137 Å². The second-order valence-electron chi connectivity index (χ2n) is 4.87. The van der Waals surface area contributed by atoms with Gasteiger partial charge in [-0.05, 0) is 30.2 Å². The Bertz CT molecular complexity index is 809. The van der Waals surface area contributed by atoms with Gasteiger partial charge in [-0.2, -0.15) is 0 Å². The van der Waals surface area contributed by atoms with E-state index in [1.165, 1.54) is 23.1 Å². The molecule has 0 fully saturated rings. The molecule has 3 rings (SSSR count). The zero-order valence-corrected chi connectivity index (χ0v) is 13.1. The molecule has 1 amide bonds. The van der Waals surface area contributed by atoms with Crippen LogP contribution in [0.2, 0.25) is 10.3 Å². The highest BCUT2D eigenvalue weighted by Crippen LogP contribution is 2.18. The molecule has 112 valence electrons. The van der Waals surface area contributed by atoms with Crippen molar-refractivity contribution in [3.05, 3.63) is 64.0 Å². The number of hydrogen-bond donors (Lipinski definition) is 2. The van der Waals surface area contributed by atoms with Crippen LogP contribution in [0, 0.1) is 0 Å². The molecule has 0 saturated heterocycles. The van der Waals surface area contributed by atoms with Crippen molar-refractivity contribution in [3.8, 4) is 0 Å². The number of benzene rings is 1. The van der Waals surface area contributed by atoms with Gasteiger partial charge in [-0.15, -0.1) is 0 Å². The van der Waals surface area contributed by atoms with Crippen molar-refractivity contribution in [3.63, 3.8) is 0 Å². The first-order chi connectivity index (χ1) is 10.6. The highest BCUT2D eigenvalue weighted by molar-refractivity contribution is 6.33. The third-order valence-electron chi connectivity index (χ3n) is 3.38. The second kappa shape index (κ2) is 6.38. The number of carbonyl (C=O) groups excluding carboxylic acids is 1. The van der Waals surface area contributed by atoms with Crippen LogP contribution in [0.5, 0.6) is 0 Å². The maximum absolute atomic E-state index is 12.1. The van der Waals surface area contributed by atoms with Gasteiger partial charge in [0.25, 0.3) is 5.91 Å². The van der Waals surface area contributed by atoms with Gasteiger partial charge >= 0.3 is 0 Å². The third-order valence-corrected chi connectivity index (χ3v) is 3.77. The number of carbonyl (C=O) groups is 1. The van der Waals surface area contributed by atoms with Gasteiger partial charge in [0, 0.05) is 29.2 Å². The van der Waals surface area contributed by atoms with E-state index in [1.807, 2.05) is 24.4 Å². The van der Waals surface area contributed by atoms with Crippen molar-refractivity contribution in [1.82, 2.24) is 15.3 Å². The number of fused-ring (bicyclic) bond motifs is 1. The van der Waals surface area contributed by atoms with E-state index in [-0.39, 0.29) is 16.2 Å². The van der Waals surface area contributed by atoms with Crippen molar-refractivity contribution in [2.45, 2.75) is 6.42 Å². The molecule has 0 bridgehead atoms. The predicted octanol–water partition coefficient (Wildman–Crippen LogP) is 3.84. The van der Waals surface area contributed by atoms with Gasteiger partial charge in [0.2, 0.25) is 0 Å². The fraction of sp³-hybridized carbons (Fsp3) is 0.125. The fourth-order valence-corrected chi connectivity index (χ4v) is 2.81. The lowest BCUT2D eigenvalue weighted by Crippen LogP contribution is -2.25. The first kappa shape index (κ1) is 14.9. The summed E-state index contributed by atoms with van der Waals surface area (Å²) in [5.41, 5.74) is 2.67. The van der Waals surface area contributed by atoms with Gasteiger partial charge in [-0.3, -0.25) is 4.79 Å². The molecule has 2 aromatic heterocycles. The van der Waals surface area contributed by atoms with Crippen molar-refractivity contribution in [1.29, 1.82) is 0 Å². The van der Waals surface area contributed by atoms with E-state index in [1.54, 1.807) is 0 Å². The highest BCUT2D eigenvalue weighted by Gasteiger charge is 2.09. The Balaban J connectivity index is 1.64. The highest BCUT2D eigenvalue weighted by atomic mass is 35.5. The molecule has 0 spiro atoms. The molecule has 0 unspecified atom stereocenters. The maximum atomic E-state index is 12.1. The molecule has 0 aliphatic carbocycles. The molecular weight excluding hydrogens is 321 g/mol. The first-order valence-electron chi connectivity index (χ1n) is 6.80. The van der Waals surface area contributed by atoms with Crippen LogP contribution >= 0.6 is 23.2 Å². The lowest BCUT2D eigenvalue weighted by Gasteiger charge is -2.05. The number of pyridine rings is 1. The smallest absolute Gasteiger partial charge is 0.251 e. The first-order valence-corrected chi connectivity index (χ1v) is 7.55. The van der Waals surface area contributed by atoms with Crippen molar-refractivity contribution in [2.24, 2.45) is 0 Å². The Hall–Kier alpha value is -2.04. The molecule has 3 aromatic rings. The minimum Gasteiger partial charge on any atom is -0.361 e. The Morgan fingerprint density at radius 1 is 1.18 bits per heavy atom. The zero-order chi connectivity index (χ0) is 15.5. The van der Waals surface area contributed by atoms with Crippen LogP contribution in [-0.2, 0) is 6.42 Å². The maximum Gasteiger partial charge on any atom is 0.251 e. The number of hydrogen-bond acceptors (Lipinski definition) is 2. The van der Waals surface area contributed by atoms with E-state index >= 15 is 0 Å². The molecule has 1 aromatic carbocycles. The van der Waals surface area contributed by atoms with E-state index in [2.05, 4.69) is 21.4 Å². The summed E-state index contributed by atoms with van der Waals surface area (Å²) < 4.78 is 0.